The first-order chi connectivity index (χ1) is 17.5. The maximum Gasteiger partial charge on any atom is 0.411 e. The number of rotatable bonds is 6. The smallest absolute Gasteiger partial charge is 0.411 e. The Balaban J connectivity index is 0.000000943. The number of hydrogen-bond acceptors (Lipinski definition) is 3. The topological polar surface area (TPSA) is 52.5 Å². The van der Waals surface area contributed by atoms with Gasteiger partial charge in [0.25, 0.3) is 0 Å². The summed E-state index contributed by atoms with van der Waals surface area (Å²) in [4.78, 5) is 12.0. The van der Waals surface area contributed by atoms with Crippen LogP contribution in [0.5, 0.6) is 5.75 Å². The van der Waals surface area contributed by atoms with Gasteiger partial charge in [-0.1, -0.05) is 43.3 Å². The highest BCUT2D eigenvalue weighted by atomic mass is 16.6. The Kier molecular flexibility index (Phi) is 8.59. The van der Waals surface area contributed by atoms with Crippen LogP contribution >= 0.6 is 0 Å². The second kappa shape index (κ2) is 12.0. The SMILES string of the molecule is C1CC1.CCOc1ccc2c(C#CC3CC3)c(C3=CC=C(NC(=O)OC(C)C)C=CC3)n(CC)c2c1. The normalized spacial score (nSPS) is 16.1. The fourth-order valence-corrected chi connectivity index (χ4v) is 4.02. The largest absolute Gasteiger partial charge is 0.494 e. The molecule has 0 radical (unpaired) electrons. The van der Waals surface area contributed by atoms with E-state index < -0.39 is 6.09 Å². The molecule has 2 aromatic rings. The molecule has 0 atom stereocenters. The molecule has 3 aliphatic rings. The first-order valence-corrected chi connectivity index (χ1v) is 13.4. The van der Waals surface area contributed by atoms with Crippen molar-refractivity contribution in [3.8, 4) is 17.6 Å². The van der Waals surface area contributed by atoms with E-state index in [-0.39, 0.29) is 6.10 Å². The quantitative estimate of drug-likeness (QED) is 0.434. The molecule has 5 nitrogen and oxygen atoms in total. The number of fused-ring (bicyclic) bond motifs is 1. The zero-order valence-corrected chi connectivity index (χ0v) is 22.0. The molecule has 1 heterocycles. The number of carbonyl (C=O) groups excluding carboxylic acids is 1. The van der Waals surface area contributed by atoms with E-state index in [4.69, 9.17) is 9.47 Å². The van der Waals surface area contributed by atoms with Gasteiger partial charge in [-0.25, -0.2) is 4.79 Å². The standard InChI is InChI=1S/C28H32N2O3.C3H6/c1-5-30-26-18-23(32-6-2)15-17-24(26)25(16-12-20-10-11-20)27(30)21-8-7-9-22(14-13-21)29-28(31)33-19(3)4;1-2-3-1/h7,9,13-15,17-20H,5-6,8,10-11H2,1-4H3,(H,29,31);1-3H2. The number of aryl methyl sites for hydroxylation is 1. The van der Waals surface area contributed by atoms with Gasteiger partial charge >= 0.3 is 6.09 Å². The molecular formula is C31H38N2O3. The molecule has 3 aliphatic carbocycles. The lowest BCUT2D eigenvalue weighted by Gasteiger charge is -2.11. The van der Waals surface area contributed by atoms with Gasteiger partial charge in [-0.2, -0.15) is 0 Å². The maximum absolute atomic E-state index is 12.0. The summed E-state index contributed by atoms with van der Waals surface area (Å²) in [6.07, 6.45) is 15.0. The molecule has 0 saturated heterocycles. The summed E-state index contributed by atoms with van der Waals surface area (Å²) in [5.41, 5.74) is 5.22. The Labute approximate surface area is 215 Å². The van der Waals surface area contributed by atoms with Gasteiger partial charge in [0.15, 0.2) is 0 Å². The minimum atomic E-state index is -0.445. The molecule has 5 rings (SSSR count). The summed E-state index contributed by atoms with van der Waals surface area (Å²) >= 11 is 0. The van der Waals surface area contributed by atoms with Crippen molar-refractivity contribution in [1.29, 1.82) is 0 Å². The Morgan fingerprint density at radius 2 is 1.94 bits per heavy atom. The number of ether oxygens (including phenoxy) is 2. The third-order valence-corrected chi connectivity index (χ3v) is 5.99. The number of aromatic nitrogens is 1. The third kappa shape index (κ3) is 6.85. The van der Waals surface area contributed by atoms with Gasteiger partial charge < -0.3 is 14.0 Å². The number of amides is 1. The Morgan fingerprint density at radius 3 is 2.58 bits per heavy atom. The molecule has 0 aliphatic heterocycles. The van der Waals surface area contributed by atoms with E-state index in [1.807, 2.05) is 39.0 Å². The summed E-state index contributed by atoms with van der Waals surface area (Å²) in [5.74, 6) is 8.37. The van der Waals surface area contributed by atoms with Crippen molar-refractivity contribution in [3.05, 3.63) is 59.5 Å². The lowest BCUT2D eigenvalue weighted by atomic mass is 10.0. The summed E-state index contributed by atoms with van der Waals surface area (Å²) in [6.45, 7) is 9.28. The second-order valence-electron chi connectivity index (χ2n) is 9.68. The van der Waals surface area contributed by atoms with E-state index in [1.54, 1.807) is 0 Å². The van der Waals surface area contributed by atoms with Crippen LogP contribution in [0.2, 0.25) is 0 Å². The Bertz CT molecular complexity index is 1240. The Morgan fingerprint density at radius 1 is 1.17 bits per heavy atom. The molecular weight excluding hydrogens is 448 g/mol. The van der Waals surface area contributed by atoms with Gasteiger partial charge in [0, 0.05) is 29.6 Å². The lowest BCUT2D eigenvalue weighted by molar-refractivity contribution is 0.118. The van der Waals surface area contributed by atoms with Crippen molar-refractivity contribution < 1.29 is 14.3 Å². The van der Waals surface area contributed by atoms with Gasteiger partial charge in [0.1, 0.15) is 5.75 Å². The molecule has 2 fully saturated rings. The fraction of sp³-hybridized carbons (Fsp3) is 0.452. The van der Waals surface area contributed by atoms with E-state index >= 15 is 0 Å². The van der Waals surface area contributed by atoms with Crippen molar-refractivity contribution >= 4 is 22.6 Å². The van der Waals surface area contributed by atoms with E-state index in [0.29, 0.717) is 18.2 Å². The predicted molar refractivity (Wildman–Crippen MR) is 147 cm³/mol. The first kappa shape index (κ1) is 25.7. The fourth-order valence-electron chi connectivity index (χ4n) is 4.02. The summed E-state index contributed by atoms with van der Waals surface area (Å²) in [7, 11) is 0. The van der Waals surface area contributed by atoms with E-state index in [0.717, 1.165) is 46.4 Å². The molecule has 0 bridgehead atoms. The first-order valence-electron chi connectivity index (χ1n) is 13.4. The summed E-state index contributed by atoms with van der Waals surface area (Å²) in [6, 6.07) is 6.28. The molecule has 190 valence electrons. The van der Waals surface area contributed by atoms with Crippen LogP contribution in [-0.4, -0.2) is 23.4 Å². The molecule has 1 aromatic carbocycles. The van der Waals surface area contributed by atoms with Crippen molar-refractivity contribution in [2.45, 2.75) is 78.9 Å². The lowest BCUT2D eigenvalue weighted by Crippen LogP contribution is -2.25. The molecule has 1 amide bonds. The molecule has 2 saturated carbocycles. The maximum atomic E-state index is 12.0. The molecule has 0 spiro atoms. The number of hydrogen-bond donors (Lipinski definition) is 1. The van der Waals surface area contributed by atoms with Crippen molar-refractivity contribution in [3.63, 3.8) is 0 Å². The molecule has 1 N–H and O–H groups in total. The van der Waals surface area contributed by atoms with Gasteiger partial charge in [-0.15, -0.1) is 0 Å². The van der Waals surface area contributed by atoms with Crippen molar-refractivity contribution in [1.82, 2.24) is 9.88 Å². The molecule has 36 heavy (non-hydrogen) atoms. The van der Waals surface area contributed by atoms with Crippen molar-refractivity contribution in [2.24, 2.45) is 5.92 Å². The summed E-state index contributed by atoms with van der Waals surface area (Å²) < 4.78 is 13.3. The number of allylic oxidation sites excluding steroid dienone is 5. The van der Waals surface area contributed by atoms with E-state index in [1.165, 1.54) is 32.1 Å². The number of carbonyl (C=O) groups is 1. The number of alkyl carbamates (subject to hydrolysis) is 1. The van der Waals surface area contributed by atoms with Crippen LogP contribution in [0.4, 0.5) is 4.79 Å². The molecule has 0 unspecified atom stereocenters. The highest BCUT2D eigenvalue weighted by Crippen LogP contribution is 2.36. The zero-order chi connectivity index (χ0) is 25.5. The Hall–Kier alpha value is -3.39. The van der Waals surface area contributed by atoms with Crippen LogP contribution < -0.4 is 10.1 Å². The van der Waals surface area contributed by atoms with Gasteiger partial charge in [-0.3, -0.25) is 5.32 Å². The highest BCUT2D eigenvalue weighted by molar-refractivity contribution is 5.94. The number of nitrogens with zero attached hydrogens (tertiary/aromatic N) is 1. The van der Waals surface area contributed by atoms with E-state index in [2.05, 4.69) is 52.9 Å². The van der Waals surface area contributed by atoms with Gasteiger partial charge in [0.2, 0.25) is 0 Å². The van der Waals surface area contributed by atoms with Crippen LogP contribution in [0.25, 0.3) is 16.5 Å². The van der Waals surface area contributed by atoms with Gasteiger partial charge in [0.05, 0.1) is 29.5 Å². The third-order valence-electron chi connectivity index (χ3n) is 5.99. The number of benzene rings is 1. The summed E-state index contributed by atoms with van der Waals surface area (Å²) in [5, 5.41) is 3.97. The second-order valence-corrected chi connectivity index (χ2v) is 9.68. The average Bonchev–Trinajstić information content (AvgIpc) is 3.74. The van der Waals surface area contributed by atoms with Crippen LogP contribution in [0.15, 0.2) is 48.2 Å². The van der Waals surface area contributed by atoms with Crippen LogP contribution in [0.1, 0.15) is 77.5 Å². The predicted octanol–water partition coefficient (Wildman–Crippen LogP) is 7.35. The van der Waals surface area contributed by atoms with Gasteiger partial charge in [-0.05, 0) is 76.8 Å². The van der Waals surface area contributed by atoms with Crippen molar-refractivity contribution in [2.75, 3.05) is 6.61 Å². The highest BCUT2D eigenvalue weighted by Gasteiger charge is 2.21. The van der Waals surface area contributed by atoms with Crippen LogP contribution in [0, 0.1) is 17.8 Å². The van der Waals surface area contributed by atoms with Crippen LogP contribution in [-0.2, 0) is 11.3 Å². The minimum Gasteiger partial charge on any atom is -0.494 e. The molecule has 5 heteroatoms. The minimum absolute atomic E-state index is 0.166. The monoisotopic (exact) mass is 486 g/mol. The average molecular weight is 487 g/mol. The number of nitrogens with one attached hydrogen (secondary N) is 1. The molecule has 1 aromatic heterocycles. The van der Waals surface area contributed by atoms with E-state index in [9.17, 15) is 4.79 Å². The van der Waals surface area contributed by atoms with Crippen LogP contribution in [0.3, 0.4) is 0 Å². The zero-order valence-electron chi connectivity index (χ0n) is 22.0.